The predicted octanol–water partition coefficient (Wildman–Crippen LogP) is 2.77. The molecule has 1 heterocycles. The molecule has 1 aromatic carbocycles. The Bertz CT molecular complexity index is 605. The van der Waals surface area contributed by atoms with E-state index in [-0.39, 0.29) is 5.82 Å². The number of pyridine rings is 1. The number of nitrogens with zero attached hydrogens (tertiary/aromatic N) is 3. The van der Waals surface area contributed by atoms with Crippen molar-refractivity contribution in [1.82, 2.24) is 9.88 Å². The maximum absolute atomic E-state index is 13.8. The average Bonchev–Trinajstić information content (AvgIpc) is 2.48. The summed E-state index contributed by atoms with van der Waals surface area (Å²) in [5.74, 6) is -0.325. The van der Waals surface area contributed by atoms with Crippen molar-refractivity contribution in [3.63, 3.8) is 0 Å². The molecule has 0 amide bonds. The van der Waals surface area contributed by atoms with Crippen molar-refractivity contribution in [2.24, 2.45) is 0 Å². The third-order valence-corrected chi connectivity index (χ3v) is 3.10. The van der Waals surface area contributed by atoms with E-state index in [0.29, 0.717) is 17.7 Å². The summed E-state index contributed by atoms with van der Waals surface area (Å²) in [7, 11) is 1.95. The van der Waals surface area contributed by atoms with Crippen LogP contribution in [0, 0.1) is 17.1 Å². The molecule has 0 aliphatic carbocycles. The van der Waals surface area contributed by atoms with Gasteiger partial charge in [0.15, 0.2) is 0 Å². The summed E-state index contributed by atoms with van der Waals surface area (Å²) in [6, 6.07) is 12.4. The van der Waals surface area contributed by atoms with Crippen LogP contribution in [0.1, 0.15) is 16.8 Å². The van der Waals surface area contributed by atoms with Gasteiger partial charge in [-0.15, -0.1) is 0 Å². The van der Waals surface area contributed by atoms with E-state index in [1.165, 1.54) is 6.07 Å². The fourth-order valence-electron chi connectivity index (χ4n) is 1.97. The molecule has 102 valence electrons. The molecule has 2 rings (SSSR count). The molecule has 0 aliphatic heterocycles. The van der Waals surface area contributed by atoms with Gasteiger partial charge in [-0.25, -0.2) is 4.39 Å². The molecule has 0 radical (unpaired) electrons. The van der Waals surface area contributed by atoms with E-state index in [4.69, 9.17) is 5.26 Å². The van der Waals surface area contributed by atoms with Crippen LogP contribution in [-0.2, 0) is 13.0 Å². The van der Waals surface area contributed by atoms with Gasteiger partial charge in [0.1, 0.15) is 5.82 Å². The molecule has 0 saturated carbocycles. The van der Waals surface area contributed by atoms with Crippen molar-refractivity contribution in [1.29, 1.82) is 5.26 Å². The first-order valence-corrected chi connectivity index (χ1v) is 6.46. The fourth-order valence-corrected chi connectivity index (χ4v) is 1.97. The Labute approximate surface area is 118 Å². The van der Waals surface area contributed by atoms with Crippen LogP contribution < -0.4 is 0 Å². The molecule has 2 aromatic rings. The quantitative estimate of drug-likeness (QED) is 0.838. The number of nitriles is 1. The van der Waals surface area contributed by atoms with E-state index in [0.717, 1.165) is 18.7 Å². The first-order chi connectivity index (χ1) is 9.69. The molecule has 0 saturated heterocycles. The smallest absolute Gasteiger partial charge is 0.129 e. The maximum Gasteiger partial charge on any atom is 0.129 e. The zero-order chi connectivity index (χ0) is 14.4. The van der Waals surface area contributed by atoms with Gasteiger partial charge in [-0.1, -0.05) is 12.1 Å². The van der Waals surface area contributed by atoms with Gasteiger partial charge in [-0.2, -0.15) is 5.26 Å². The highest BCUT2D eigenvalue weighted by molar-refractivity contribution is 5.32. The summed E-state index contributed by atoms with van der Waals surface area (Å²) in [5.41, 5.74) is 1.98. The standard InChI is InChI=1S/C16H16FN3/c1-20(9-7-15-4-2-3-8-19-15)12-14-6-5-13(11-18)10-16(14)17/h2-6,8,10H,7,9,12H2,1H3. The topological polar surface area (TPSA) is 39.9 Å². The predicted molar refractivity (Wildman–Crippen MR) is 75.4 cm³/mol. The molecule has 0 aliphatic rings. The average molecular weight is 269 g/mol. The Hall–Kier alpha value is -2.25. The fraction of sp³-hybridized carbons (Fsp3) is 0.250. The van der Waals surface area contributed by atoms with Gasteiger partial charge in [0, 0.05) is 37.0 Å². The lowest BCUT2D eigenvalue weighted by Crippen LogP contribution is -2.21. The highest BCUT2D eigenvalue weighted by Crippen LogP contribution is 2.12. The summed E-state index contributed by atoms with van der Waals surface area (Å²) in [6.07, 6.45) is 2.60. The molecule has 4 heteroatoms. The summed E-state index contributed by atoms with van der Waals surface area (Å²) in [6.45, 7) is 1.32. The van der Waals surface area contributed by atoms with Gasteiger partial charge < -0.3 is 4.90 Å². The van der Waals surface area contributed by atoms with Gasteiger partial charge in [0.25, 0.3) is 0 Å². The summed E-state index contributed by atoms with van der Waals surface area (Å²) >= 11 is 0. The second-order valence-corrected chi connectivity index (χ2v) is 4.73. The summed E-state index contributed by atoms with van der Waals surface area (Å²) < 4.78 is 13.8. The summed E-state index contributed by atoms with van der Waals surface area (Å²) in [4.78, 5) is 6.30. The highest BCUT2D eigenvalue weighted by atomic mass is 19.1. The number of halogens is 1. The van der Waals surface area contributed by atoms with Crippen LogP contribution in [0.4, 0.5) is 4.39 Å². The van der Waals surface area contributed by atoms with E-state index >= 15 is 0 Å². The Morgan fingerprint density at radius 2 is 2.15 bits per heavy atom. The molecular weight excluding hydrogens is 253 g/mol. The maximum atomic E-state index is 13.8. The lowest BCUT2D eigenvalue weighted by Gasteiger charge is -2.16. The monoisotopic (exact) mass is 269 g/mol. The Morgan fingerprint density at radius 1 is 1.30 bits per heavy atom. The number of likely N-dealkylation sites (N-methyl/N-ethyl adjacent to an activating group) is 1. The van der Waals surface area contributed by atoms with Crippen LogP contribution >= 0.6 is 0 Å². The van der Waals surface area contributed by atoms with Crippen molar-refractivity contribution in [2.45, 2.75) is 13.0 Å². The molecule has 0 N–H and O–H groups in total. The molecule has 3 nitrogen and oxygen atoms in total. The molecule has 0 bridgehead atoms. The first kappa shape index (κ1) is 14.2. The molecular formula is C16H16FN3. The second-order valence-electron chi connectivity index (χ2n) is 4.73. The van der Waals surface area contributed by atoms with Gasteiger partial charge >= 0.3 is 0 Å². The molecule has 0 spiro atoms. The van der Waals surface area contributed by atoms with Gasteiger partial charge in [-0.3, -0.25) is 4.98 Å². The van der Waals surface area contributed by atoms with Crippen LogP contribution in [0.5, 0.6) is 0 Å². The van der Waals surface area contributed by atoms with Crippen LogP contribution in [0.25, 0.3) is 0 Å². The highest BCUT2D eigenvalue weighted by Gasteiger charge is 2.07. The molecule has 0 unspecified atom stereocenters. The lowest BCUT2D eigenvalue weighted by molar-refractivity contribution is 0.324. The minimum absolute atomic E-state index is 0.325. The first-order valence-electron chi connectivity index (χ1n) is 6.46. The van der Waals surface area contributed by atoms with E-state index in [1.54, 1.807) is 18.3 Å². The molecule has 0 fully saturated rings. The Kier molecular flexibility index (Phi) is 4.80. The third-order valence-electron chi connectivity index (χ3n) is 3.10. The number of hydrogen-bond acceptors (Lipinski definition) is 3. The van der Waals surface area contributed by atoms with Crippen LogP contribution in [-0.4, -0.2) is 23.5 Å². The van der Waals surface area contributed by atoms with Crippen molar-refractivity contribution < 1.29 is 4.39 Å². The number of aromatic nitrogens is 1. The largest absolute Gasteiger partial charge is 0.302 e. The Balaban J connectivity index is 1.91. The summed E-state index contributed by atoms with van der Waals surface area (Å²) in [5, 5.41) is 8.71. The van der Waals surface area contributed by atoms with E-state index in [1.807, 2.05) is 36.2 Å². The van der Waals surface area contributed by atoms with Gasteiger partial charge in [0.05, 0.1) is 11.6 Å². The minimum atomic E-state index is -0.325. The number of hydrogen-bond donors (Lipinski definition) is 0. The molecule has 20 heavy (non-hydrogen) atoms. The SMILES string of the molecule is CN(CCc1ccccn1)Cc1ccc(C#N)cc1F. The Morgan fingerprint density at radius 3 is 2.80 bits per heavy atom. The number of rotatable bonds is 5. The van der Waals surface area contributed by atoms with E-state index in [2.05, 4.69) is 4.98 Å². The third kappa shape index (κ3) is 3.87. The van der Waals surface area contributed by atoms with Crippen molar-refractivity contribution in [3.05, 3.63) is 65.2 Å². The van der Waals surface area contributed by atoms with Gasteiger partial charge in [0.2, 0.25) is 0 Å². The molecule has 0 atom stereocenters. The molecule has 1 aromatic heterocycles. The van der Waals surface area contributed by atoms with E-state index in [9.17, 15) is 4.39 Å². The van der Waals surface area contributed by atoms with E-state index < -0.39 is 0 Å². The van der Waals surface area contributed by atoms with Crippen molar-refractivity contribution >= 4 is 0 Å². The van der Waals surface area contributed by atoms with Crippen LogP contribution in [0.15, 0.2) is 42.6 Å². The van der Waals surface area contributed by atoms with Crippen molar-refractivity contribution in [2.75, 3.05) is 13.6 Å². The van der Waals surface area contributed by atoms with Crippen molar-refractivity contribution in [3.8, 4) is 6.07 Å². The second kappa shape index (κ2) is 6.78. The number of benzene rings is 1. The van der Waals surface area contributed by atoms with Crippen LogP contribution in [0.2, 0.25) is 0 Å². The lowest BCUT2D eigenvalue weighted by atomic mass is 10.1. The minimum Gasteiger partial charge on any atom is -0.302 e. The zero-order valence-electron chi connectivity index (χ0n) is 11.4. The normalized spacial score (nSPS) is 10.5. The van der Waals surface area contributed by atoms with Gasteiger partial charge in [-0.05, 0) is 31.3 Å². The zero-order valence-corrected chi connectivity index (χ0v) is 11.4. The van der Waals surface area contributed by atoms with Crippen LogP contribution in [0.3, 0.4) is 0 Å².